The first-order valence-electron chi connectivity index (χ1n) is 6.61. The number of hydrogen-bond donors (Lipinski definition) is 2. The molecule has 3 N–H and O–H groups in total. The molecule has 0 spiro atoms. The number of hydrogen-bond acceptors (Lipinski definition) is 6. The Kier molecular flexibility index (Phi) is 4.39. The lowest BCUT2D eigenvalue weighted by molar-refractivity contribution is -0.384. The predicted molar refractivity (Wildman–Crippen MR) is 76.8 cm³/mol. The monoisotopic (exact) mass is 294 g/mol. The normalized spacial score (nSPS) is 22.0. The van der Waals surface area contributed by atoms with Gasteiger partial charge in [0.2, 0.25) is 0 Å². The number of nitro benzene ring substituents is 1. The Bertz CT molecular complexity index is 563. The zero-order valence-electron chi connectivity index (χ0n) is 11.9. The van der Waals surface area contributed by atoms with Gasteiger partial charge in [0.1, 0.15) is 0 Å². The fourth-order valence-corrected chi connectivity index (χ4v) is 2.29. The van der Waals surface area contributed by atoms with Gasteiger partial charge in [0.05, 0.1) is 34.9 Å². The summed E-state index contributed by atoms with van der Waals surface area (Å²) in [6.07, 6.45) is -0.0712. The van der Waals surface area contributed by atoms with Gasteiger partial charge in [-0.3, -0.25) is 20.8 Å². The second-order valence-corrected chi connectivity index (χ2v) is 5.08. The molecule has 8 nitrogen and oxygen atoms in total. The first-order chi connectivity index (χ1) is 9.93. The minimum Gasteiger partial charge on any atom is -0.375 e. The van der Waals surface area contributed by atoms with Crippen molar-refractivity contribution in [1.82, 2.24) is 4.90 Å². The van der Waals surface area contributed by atoms with Gasteiger partial charge in [-0.2, -0.15) is 0 Å². The van der Waals surface area contributed by atoms with E-state index in [0.717, 1.165) is 0 Å². The Morgan fingerprint density at radius 3 is 2.86 bits per heavy atom. The maximum Gasteiger partial charge on any atom is 0.270 e. The van der Waals surface area contributed by atoms with Gasteiger partial charge in [-0.05, 0) is 19.9 Å². The Hall–Kier alpha value is -2.19. The number of nitrogens with two attached hydrogens (primary N) is 1. The molecule has 2 atom stereocenters. The highest BCUT2D eigenvalue weighted by Gasteiger charge is 2.30. The molecule has 1 amide bonds. The highest BCUT2D eigenvalue weighted by atomic mass is 16.6. The predicted octanol–water partition coefficient (Wildman–Crippen LogP) is 1.13. The van der Waals surface area contributed by atoms with Gasteiger partial charge in [-0.1, -0.05) is 0 Å². The fraction of sp³-hybridized carbons (Fsp3) is 0.462. The van der Waals surface area contributed by atoms with E-state index in [1.807, 2.05) is 13.8 Å². The molecular weight excluding hydrogens is 276 g/mol. The number of nitrogen functional groups attached to an aromatic ring is 1. The summed E-state index contributed by atoms with van der Waals surface area (Å²) >= 11 is 0. The number of hydrazine groups is 1. The maximum absolute atomic E-state index is 12.7. The van der Waals surface area contributed by atoms with Crippen LogP contribution in [0.4, 0.5) is 11.4 Å². The van der Waals surface area contributed by atoms with Crippen molar-refractivity contribution in [2.45, 2.75) is 26.0 Å². The molecule has 2 rings (SSSR count). The molecule has 1 fully saturated rings. The van der Waals surface area contributed by atoms with E-state index in [1.165, 1.54) is 18.2 Å². The number of nitro groups is 1. The van der Waals surface area contributed by atoms with Gasteiger partial charge in [0.15, 0.2) is 0 Å². The van der Waals surface area contributed by atoms with Crippen LogP contribution in [-0.4, -0.2) is 41.0 Å². The molecule has 0 saturated carbocycles. The van der Waals surface area contributed by atoms with Crippen molar-refractivity contribution in [3.05, 3.63) is 33.9 Å². The molecular formula is C13H18N4O4. The van der Waals surface area contributed by atoms with E-state index in [-0.39, 0.29) is 29.3 Å². The van der Waals surface area contributed by atoms with Crippen molar-refractivity contribution in [2.24, 2.45) is 5.84 Å². The average molecular weight is 294 g/mol. The highest BCUT2D eigenvalue weighted by Crippen LogP contribution is 2.25. The van der Waals surface area contributed by atoms with Crippen molar-refractivity contribution in [3.8, 4) is 0 Å². The largest absolute Gasteiger partial charge is 0.375 e. The zero-order valence-corrected chi connectivity index (χ0v) is 11.9. The minimum atomic E-state index is -0.539. The van der Waals surface area contributed by atoms with Crippen LogP contribution < -0.4 is 11.3 Å². The summed E-state index contributed by atoms with van der Waals surface area (Å²) in [4.78, 5) is 24.6. The zero-order chi connectivity index (χ0) is 15.6. The first-order valence-corrected chi connectivity index (χ1v) is 6.61. The number of nitrogens with one attached hydrogen (secondary N) is 1. The summed E-state index contributed by atoms with van der Waals surface area (Å²) in [5.41, 5.74) is 2.81. The smallest absolute Gasteiger partial charge is 0.270 e. The van der Waals surface area contributed by atoms with E-state index in [0.29, 0.717) is 18.8 Å². The molecule has 8 heteroatoms. The Morgan fingerprint density at radius 1 is 1.52 bits per heavy atom. The summed E-state index contributed by atoms with van der Waals surface area (Å²) in [6, 6.07) is 3.88. The molecule has 1 aliphatic rings. The number of amides is 1. The van der Waals surface area contributed by atoms with Gasteiger partial charge in [0.25, 0.3) is 11.6 Å². The van der Waals surface area contributed by atoms with E-state index >= 15 is 0 Å². The van der Waals surface area contributed by atoms with Crippen LogP contribution in [-0.2, 0) is 4.74 Å². The molecule has 2 unspecified atom stereocenters. The summed E-state index contributed by atoms with van der Waals surface area (Å²) in [5.74, 6) is 5.09. The minimum absolute atomic E-state index is 0.0712. The van der Waals surface area contributed by atoms with E-state index in [4.69, 9.17) is 10.6 Å². The second-order valence-electron chi connectivity index (χ2n) is 5.08. The van der Waals surface area contributed by atoms with Crippen LogP contribution in [0.25, 0.3) is 0 Å². The number of carbonyl (C=O) groups is 1. The average Bonchev–Trinajstić information content (AvgIpc) is 2.48. The number of non-ortho nitro benzene ring substituents is 1. The van der Waals surface area contributed by atoms with Gasteiger partial charge >= 0.3 is 0 Å². The number of carbonyl (C=O) groups excluding carboxylic acids is 1. The van der Waals surface area contributed by atoms with E-state index in [9.17, 15) is 14.9 Å². The topological polar surface area (TPSA) is 111 Å². The number of morpholine rings is 1. The lowest BCUT2D eigenvalue weighted by Gasteiger charge is -2.37. The van der Waals surface area contributed by atoms with Gasteiger partial charge < -0.3 is 15.1 Å². The van der Waals surface area contributed by atoms with Crippen molar-refractivity contribution in [2.75, 3.05) is 18.6 Å². The molecule has 1 aromatic rings. The Morgan fingerprint density at radius 2 is 2.24 bits per heavy atom. The molecule has 1 saturated heterocycles. The number of nitrogens with zero attached hydrogens (tertiary/aromatic N) is 2. The van der Waals surface area contributed by atoms with Crippen LogP contribution in [0, 0.1) is 10.1 Å². The molecule has 0 aromatic heterocycles. The van der Waals surface area contributed by atoms with E-state index in [1.54, 1.807) is 4.90 Å². The SMILES string of the molecule is CC1CN(C(=O)c2cc([N+](=O)[O-])ccc2NN)C(C)CO1. The van der Waals surface area contributed by atoms with Crippen molar-refractivity contribution >= 4 is 17.3 Å². The Balaban J connectivity index is 2.36. The lowest BCUT2D eigenvalue weighted by Crippen LogP contribution is -2.50. The number of rotatable bonds is 3. The van der Waals surface area contributed by atoms with Crippen LogP contribution in [0.15, 0.2) is 18.2 Å². The molecule has 21 heavy (non-hydrogen) atoms. The lowest BCUT2D eigenvalue weighted by atomic mass is 10.1. The third-order valence-electron chi connectivity index (χ3n) is 3.47. The van der Waals surface area contributed by atoms with Gasteiger partial charge in [-0.15, -0.1) is 0 Å². The summed E-state index contributed by atoms with van der Waals surface area (Å²) < 4.78 is 5.48. The first kappa shape index (κ1) is 15.2. The molecule has 1 aliphatic heterocycles. The molecule has 1 heterocycles. The molecule has 114 valence electrons. The van der Waals surface area contributed by atoms with Crippen LogP contribution in [0.2, 0.25) is 0 Å². The van der Waals surface area contributed by atoms with Crippen LogP contribution in [0.3, 0.4) is 0 Å². The highest BCUT2D eigenvalue weighted by molar-refractivity contribution is 6.00. The van der Waals surface area contributed by atoms with Gasteiger partial charge in [-0.25, -0.2) is 0 Å². The van der Waals surface area contributed by atoms with E-state index < -0.39 is 4.92 Å². The molecule has 0 bridgehead atoms. The maximum atomic E-state index is 12.7. The van der Waals surface area contributed by atoms with Crippen LogP contribution >= 0.6 is 0 Å². The van der Waals surface area contributed by atoms with Gasteiger partial charge in [0, 0.05) is 18.7 Å². The third-order valence-corrected chi connectivity index (χ3v) is 3.47. The summed E-state index contributed by atoms with van der Waals surface area (Å²) in [6.45, 7) is 4.62. The van der Waals surface area contributed by atoms with Crippen LogP contribution in [0.1, 0.15) is 24.2 Å². The van der Waals surface area contributed by atoms with E-state index in [2.05, 4.69) is 5.43 Å². The third kappa shape index (κ3) is 3.11. The number of anilines is 1. The molecule has 0 radical (unpaired) electrons. The standard InChI is InChI=1S/C13H18N4O4/c1-8-7-21-9(2)6-16(8)13(18)11-5-10(17(19)20)3-4-12(11)15-14/h3-5,8-9,15H,6-7,14H2,1-2H3. The number of ether oxygens (including phenoxy) is 1. The molecule has 0 aliphatic carbocycles. The number of benzene rings is 1. The van der Waals surface area contributed by atoms with Crippen molar-refractivity contribution in [3.63, 3.8) is 0 Å². The van der Waals surface area contributed by atoms with Crippen molar-refractivity contribution in [1.29, 1.82) is 0 Å². The fourth-order valence-electron chi connectivity index (χ4n) is 2.29. The summed E-state index contributed by atoms with van der Waals surface area (Å²) in [7, 11) is 0. The second kappa shape index (κ2) is 6.06. The summed E-state index contributed by atoms with van der Waals surface area (Å²) in [5, 5.41) is 10.9. The Labute approximate surface area is 122 Å². The molecule has 1 aromatic carbocycles. The quantitative estimate of drug-likeness (QED) is 0.491. The van der Waals surface area contributed by atoms with Crippen molar-refractivity contribution < 1.29 is 14.5 Å². The van der Waals surface area contributed by atoms with Crippen LogP contribution in [0.5, 0.6) is 0 Å².